The predicted molar refractivity (Wildman–Crippen MR) is 118 cm³/mol. The summed E-state index contributed by atoms with van der Waals surface area (Å²) < 4.78 is 56.8. The van der Waals surface area contributed by atoms with Crippen LogP contribution < -0.4 is 10.5 Å². The normalized spacial score (nSPS) is 11.4. The minimum Gasteiger partial charge on any atom is -0.475 e. The summed E-state index contributed by atoms with van der Waals surface area (Å²) in [5.74, 6) is -3.23. The smallest absolute Gasteiger partial charge is 0.475 e. The monoisotopic (exact) mass is 518 g/mol. The molecule has 3 aromatic rings. The number of amides is 1. The molecule has 0 aliphatic rings. The molecule has 182 valence electrons. The fourth-order valence-corrected chi connectivity index (χ4v) is 3.60. The molecule has 3 rings (SSSR count). The number of sulfonamides is 1. The molecule has 0 spiro atoms. The molecular formula is C20H18ClF3N4O5S. The molecule has 1 amide bonds. The maximum absolute atomic E-state index is 12.4. The number of primary sulfonamides is 1. The van der Waals surface area contributed by atoms with Gasteiger partial charge in [-0.05, 0) is 56.3 Å². The molecule has 1 aromatic heterocycles. The number of hydrogen-bond acceptors (Lipinski definition) is 5. The number of nitrogens with zero attached hydrogens (tertiary/aromatic N) is 2. The van der Waals surface area contributed by atoms with Crippen molar-refractivity contribution in [2.45, 2.75) is 24.9 Å². The summed E-state index contributed by atoms with van der Waals surface area (Å²) in [4.78, 5) is 25.3. The van der Waals surface area contributed by atoms with Crippen molar-refractivity contribution in [3.05, 3.63) is 70.8 Å². The van der Waals surface area contributed by atoms with Crippen molar-refractivity contribution in [2.75, 3.05) is 5.32 Å². The molecule has 0 aliphatic heterocycles. The van der Waals surface area contributed by atoms with Gasteiger partial charge >= 0.3 is 12.1 Å². The Hall–Kier alpha value is -3.42. The first-order chi connectivity index (χ1) is 15.6. The number of nitrogens with two attached hydrogens (primary N) is 1. The van der Waals surface area contributed by atoms with Gasteiger partial charge in [0, 0.05) is 22.6 Å². The number of carbonyl (C=O) groups is 2. The van der Waals surface area contributed by atoms with Gasteiger partial charge in [-0.3, -0.25) is 4.79 Å². The lowest BCUT2D eigenvalue weighted by Gasteiger charge is -2.09. The molecule has 1 heterocycles. The Bertz CT molecular complexity index is 1320. The van der Waals surface area contributed by atoms with Gasteiger partial charge < -0.3 is 15.0 Å². The van der Waals surface area contributed by atoms with Crippen molar-refractivity contribution in [3.8, 4) is 5.69 Å². The highest BCUT2D eigenvalue weighted by Gasteiger charge is 2.38. The standard InChI is InChI=1S/C18H17ClN4O3S.C2HF3O2/c1-11-12(2)23(10-21-11)15-6-4-14(5-7-15)22-18(24)13-3-8-16(19)17(9-13)27(20,25)26;3-2(4,5)1(6)7/h3-10H,1-2H3,(H,22,24)(H2,20,25,26);(H,6,7). The first kappa shape index (κ1) is 26.8. The lowest BCUT2D eigenvalue weighted by molar-refractivity contribution is -0.192. The second-order valence-electron chi connectivity index (χ2n) is 6.78. The number of imidazole rings is 1. The van der Waals surface area contributed by atoms with Crippen LogP contribution in [0.3, 0.4) is 0 Å². The SMILES string of the molecule is Cc1ncn(-c2ccc(NC(=O)c3ccc(Cl)c(S(N)(=O)=O)c3)cc2)c1C.O=C(O)C(F)(F)F. The number of anilines is 1. The zero-order valence-electron chi connectivity index (χ0n) is 17.6. The van der Waals surface area contributed by atoms with Gasteiger partial charge in [0.2, 0.25) is 10.0 Å². The van der Waals surface area contributed by atoms with Crippen LogP contribution in [0.2, 0.25) is 5.02 Å². The van der Waals surface area contributed by atoms with E-state index in [-0.39, 0.29) is 15.5 Å². The summed E-state index contributed by atoms with van der Waals surface area (Å²) in [5.41, 5.74) is 3.58. The fraction of sp³-hybridized carbons (Fsp3) is 0.150. The van der Waals surface area contributed by atoms with E-state index in [0.29, 0.717) is 5.69 Å². The number of carbonyl (C=O) groups excluding carboxylic acids is 1. The van der Waals surface area contributed by atoms with Gasteiger partial charge in [-0.25, -0.2) is 23.3 Å². The lowest BCUT2D eigenvalue weighted by Crippen LogP contribution is -2.21. The van der Waals surface area contributed by atoms with Crippen LogP contribution in [0.15, 0.2) is 53.7 Å². The Labute approximate surface area is 197 Å². The maximum Gasteiger partial charge on any atom is 0.490 e. The molecule has 0 bridgehead atoms. The third-order valence-electron chi connectivity index (χ3n) is 4.40. The molecule has 4 N–H and O–H groups in total. The zero-order valence-corrected chi connectivity index (χ0v) is 19.2. The Morgan fingerprint density at radius 3 is 2.12 bits per heavy atom. The van der Waals surface area contributed by atoms with Gasteiger partial charge in [0.25, 0.3) is 5.91 Å². The molecule has 14 heteroatoms. The zero-order chi connectivity index (χ0) is 25.8. The number of aromatic nitrogens is 2. The molecule has 0 aliphatic carbocycles. The van der Waals surface area contributed by atoms with Crippen molar-refractivity contribution in [2.24, 2.45) is 5.14 Å². The summed E-state index contributed by atoms with van der Waals surface area (Å²) in [7, 11) is -4.02. The first-order valence-electron chi connectivity index (χ1n) is 9.16. The highest BCUT2D eigenvalue weighted by molar-refractivity contribution is 7.89. The van der Waals surface area contributed by atoms with Crippen molar-refractivity contribution < 1.29 is 36.3 Å². The molecule has 0 saturated carbocycles. The van der Waals surface area contributed by atoms with Gasteiger partial charge in [-0.1, -0.05) is 11.6 Å². The number of alkyl halides is 3. The number of halogens is 4. The summed E-state index contributed by atoms with van der Waals surface area (Å²) in [6.45, 7) is 3.91. The average molecular weight is 519 g/mol. The molecule has 0 fully saturated rings. The first-order valence-corrected chi connectivity index (χ1v) is 11.1. The van der Waals surface area contributed by atoms with Crippen LogP contribution in [0.4, 0.5) is 18.9 Å². The van der Waals surface area contributed by atoms with Crippen molar-refractivity contribution in [1.29, 1.82) is 0 Å². The van der Waals surface area contributed by atoms with Crippen LogP contribution in [0.25, 0.3) is 5.69 Å². The number of nitrogens with one attached hydrogen (secondary N) is 1. The van der Waals surface area contributed by atoms with E-state index in [0.717, 1.165) is 23.1 Å². The number of carboxylic acid groups (broad SMARTS) is 1. The Morgan fingerprint density at radius 2 is 1.68 bits per heavy atom. The quantitative estimate of drug-likeness (QED) is 0.480. The van der Waals surface area contributed by atoms with E-state index in [1.807, 2.05) is 30.5 Å². The van der Waals surface area contributed by atoms with Gasteiger partial charge in [0.15, 0.2) is 0 Å². The molecule has 2 aromatic carbocycles. The Morgan fingerprint density at radius 1 is 1.12 bits per heavy atom. The second kappa shape index (κ2) is 10.2. The second-order valence-corrected chi connectivity index (χ2v) is 8.72. The fourth-order valence-electron chi connectivity index (χ4n) is 2.53. The predicted octanol–water partition coefficient (Wildman–Crippen LogP) is 3.68. The van der Waals surface area contributed by atoms with Gasteiger partial charge in [0.05, 0.1) is 17.0 Å². The summed E-state index contributed by atoms with van der Waals surface area (Å²) >= 11 is 5.84. The largest absolute Gasteiger partial charge is 0.490 e. The van der Waals surface area contributed by atoms with Crippen molar-refractivity contribution >= 4 is 39.2 Å². The highest BCUT2D eigenvalue weighted by atomic mass is 35.5. The molecule has 0 radical (unpaired) electrons. The molecule has 0 atom stereocenters. The third kappa shape index (κ3) is 6.79. The van der Waals surface area contributed by atoms with Crippen LogP contribution in [0, 0.1) is 13.8 Å². The number of aryl methyl sites for hydroxylation is 1. The van der Waals surface area contributed by atoms with E-state index < -0.39 is 28.1 Å². The van der Waals surface area contributed by atoms with E-state index >= 15 is 0 Å². The topological polar surface area (TPSA) is 144 Å². The highest BCUT2D eigenvalue weighted by Crippen LogP contribution is 2.23. The van der Waals surface area contributed by atoms with Crippen LogP contribution in [-0.4, -0.2) is 41.1 Å². The molecule has 34 heavy (non-hydrogen) atoms. The van der Waals surface area contributed by atoms with Crippen LogP contribution >= 0.6 is 11.6 Å². The van der Waals surface area contributed by atoms with Crippen LogP contribution in [0.5, 0.6) is 0 Å². The number of hydrogen-bond donors (Lipinski definition) is 3. The van der Waals surface area contributed by atoms with Crippen LogP contribution in [0.1, 0.15) is 21.7 Å². The minimum absolute atomic E-state index is 0.0376. The molecule has 0 unspecified atom stereocenters. The van der Waals surface area contributed by atoms with E-state index in [2.05, 4.69) is 10.3 Å². The van der Waals surface area contributed by atoms with Gasteiger partial charge in [-0.15, -0.1) is 0 Å². The molecular weight excluding hydrogens is 501 g/mol. The average Bonchev–Trinajstić information content (AvgIpc) is 3.06. The van der Waals surface area contributed by atoms with Gasteiger partial charge in [-0.2, -0.15) is 13.2 Å². The summed E-state index contributed by atoms with van der Waals surface area (Å²) in [6, 6.07) is 11.1. The third-order valence-corrected chi connectivity index (χ3v) is 5.79. The Kier molecular flexibility index (Phi) is 8.08. The van der Waals surface area contributed by atoms with E-state index in [9.17, 15) is 26.4 Å². The van der Waals surface area contributed by atoms with E-state index in [1.165, 1.54) is 12.1 Å². The molecule has 9 nitrogen and oxygen atoms in total. The van der Waals surface area contributed by atoms with Crippen molar-refractivity contribution in [1.82, 2.24) is 9.55 Å². The van der Waals surface area contributed by atoms with Gasteiger partial charge in [0.1, 0.15) is 4.90 Å². The van der Waals surface area contributed by atoms with E-state index in [1.54, 1.807) is 18.5 Å². The summed E-state index contributed by atoms with van der Waals surface area (Å²) in [5, 5.41) is 14.9. The maximum atomic E-state index is 12.4. The van der Waals surface area contributed by atoms with Crippen LogP contribution in [-0.2, 0) is 14.8 Å². The minimum atomic E-state index is -5.08. The Balaban J connectivity index is 0.000000509. The van der Waals surface area contributed by atoms with Crippen molar-refractivity contribution in [3.63, 3.8) is 0 Å². The number of carboxylic acids is 1. The lowest BCUT2D eigenvalue weighted by atomic mass is 10.2. The summed E-state index contributed by atoms with van der Waals surface area (Å²) in [6.07, 6.45) is -3.35. The number of aliphatic carboxylic acids is 1. The number of benzene rings is 2. The van der Waals surface area contributed by atoms with E-state index in [4.69, 9.17) is 26.6 Å². The molecule has 0 saturated heterocycles. The number of rotatable bonds is 4.